The minimum absolute atomic E-state index is 0.216. The third kappa shape index (κ3) is 4.90. The van der Waals surface area contributed by atoms with Gasteiger partial charge in [0.15, 0.2) is 0 Å². The van der Waals surface area contributed by atoms with Gasteiger partial charge in [0.05, 0.1) is 6.10 Å². The molecule has 0 N–H and O–H groups in total. The normalized spacial score (nSPS) is 13.6. The smallest absolute Gasteiger partial charge is 0.118 e. The zero-order valence-corrected chi connectivity index (χ0v) is 10.0. The highest BCUT2D eigenvalue weighted by atomic mass is 16.5. The second-order valence-electron chi connectivity index (χ2n) is 3.96. The standard InChI is InChI=1S/C13H22O/c1-7-8-9-13(14-11(4)5)12(6)10(2)3/h7-11H,1H2,2-6H3/b9-8-,13-12-. The molecule has 0 aliphatic heterocycles. The van der Waals surface area contributed by atoms with Crippen LogP contribution in [-0.4, -0.2) is 6.10 Å². The molecule has 0 radical (unpaired) electrons. The van der Waals surface area contributed by atoms with Crippen LogP contribution in [0.3, 0.4) is 0 Å². The van der Waals surface area contributed by atoms with Crippen molar-refractivity contribution in [1.29, 1.82) is 0 Å². The Bertz CT molecular complexity index is 232. The molecule has 0 saturated heterocycles. The molecular formula is C13H22O. The van der Waals surface area contributed by atoms with E-state index in [2.05, 4.69) is 27.4 Å². The zero-order chi connectivity index (χ0) is 11.1. The Kier molecular flexibility index (Phi) is 6.02. The van der Waals surface area contributed by atoms with Crippen molar-refractivity contribution in [3.05, 3.63) is 36.1 Å². The molecule has 1 nitrogen and oxygen atoms in total. The Morgan fingerprint density at radius 1 is 1.21 bits per heavy atom. The molecule has 0 aromatic rings. The van der Waals surface area contributed by atoms with Crippen molar-refractivity contribution >= 4 is 0 Å². The van der Waals surface area contributed by atoms with Gasteiger partial charge < -0.3 is 4.74 Å². The van der Waals surface area contributed by atoms with Gasteiger partial charge >= 0.3 is 0 Å². The van der Waals surface area contributed by atoms with Crippen LogP contribution < -0.4 is 0 Å². The van der Waals surface area contributed by atoms with Gasteiger partial charge in [-0.15, -0.1) is 0 Å². The highest BCUT2D eigenvalue weighted by molar-refractivity contribution is 5.22. The maximum atomic E-state index is 5.72. The highest BCUT2D eigenvalue weighted by Crippen LogP contribution is 2.17. The van der Waals surface area contributed by atoms with Crippen molar-refractivity contribution in [3.63, 3.8) is 0 Å². The van der Waals surface area contributed by atoms with Crippen LogP contribution in [0.1, 0.15) is 34.6 Å². The molecule has 0 rings (SSSR count). The molecule has 14 heavy (non-hydrogen) atoms. The van der Waals surface area contributed by atoms with Gasteiger partial charge in [0, 0.05) is 0 Å². The number of ether oxygens (including phenoxy) is 1. The Morgan fingerprint density at radius 3 is 2.14 bits per heavy atom. The highest BCUT2D eigenvalue weighted by Gasteiger charge is 2.06. The van der Waals surface area contributed by atoms with Crippen LogP contribution in [0.15, 0.2) is 36.1 Å². The summed E-state index contributed by atoms with van der Waals surface area (Å²) in [5.74, 6) is 1.48. The van der Waals surface area contributed by atoms with Gasteiger partial charge in [0.25, 0.3) is 0 Å². The molecule has 0 atom stereocenters. The molecule has 0 aromatic carbocycles. The van der Waals surface area contributed by atoms with E-state index in [0.29, 0.717) is 5.92 Å². The van der Waals surface area contributed by atoms with Crippen molar-refractivity contribution in [2.24, 2.45) is 5.92 Å². The lowest BCUT2D eigenvalue weighted by molar-refractivity contribution is 0.153. The van der Waals surface area contributed by atoms with E-state index in [-0.39, 0.29) is 6.10 Å². The molecule has 0 unspecified atom stereocenters. The fraction of sp³-hybridized carbons (Fsp3) is 0.538. The molecule has 0 amide bonds. The minimum atomic E-state index is 0.216. The van der Waals surface area contributed by atoms with Crippen molar-refractivity contribution in [2.75, 3.05) is 0 Å². The third-order valence-electron chi connectivity index (χ3n) is 2.00. The molecule has 0 aliphatic carbocycles. The van der Waals surface area contributed by atoms with Crippen molar-refractivity contribution in [2.45, 2.75) is 40.7 Å². The van der Waals surface area contributed by atoms with Crippen LogP contribution in [0.2, 0.25) is 0 Å². The number of hydrogen-bond donors (Lipinski definition) is 0. The van der Waals surface area contributed by atoms with Gasteiger partial charge in [-0.3, -0.25) is 0 Å². The Morgan fingerprint density at radius 2 is 1.79 bits per heavy atom. The summed E-state index contributed by atoms with van der Waals surface area (Å²) in [5.41, 5.74) is 1.27. The number of rotatable bonds is 5. The van der Waals surface area contributed by atoms with E-state index in [1.165, 1.54) is 5.57 Å². The molecule has 0 bridgehead atoms. The van der Waals surface area contributed by atoms with Crippen LogP contribution in [0, 0.1) is 5.92 Å². The molecule has 0 fully saturated rings. The quantitative estimate of drug-likeness (QED) is 0.473. The lowest BCUT2D eigenvalue weighted by atomic mass is 10.0. The van der Waals surface area contributed by atoms with E-state index >= 15 is 0 Å². The molecule has 80 valence electrons. The SMILES string of the molecule is C=C/C=C\C(OC(C)C)=C(/C)C(C)C. The predicted molar refractivity (Wildman–Crippen MR) is 63.1 cm³/mol. The Hall–Kier alpha value is -0.980. The van der Waals surface area contributed by atoms with E-state index in [1.54, 1.807) is 6.08 Å². The van der Waals surface area contributed by atoms with Crippen LogP contribution in [-0.2, 0) is 4.74 Å². The molecule has 0 aliphatic rings. The Balaban J connectivity index is 4.78. The second kappa shape index (κ2) is 6.47. The summed E-state index contributed by atoms with van der Waals surface area (Å²) in [6, 6.07) is 0. The van der Waals surface area contributed by atoms with E-state index < -0.39 is 0 Å². The molecule has 0 saturated carbocycles. The van der Waals surface area contributed by atoms with E-state index in [1.807, 2.05) is 26.0 Å². The first-order chi connectivity index (χ1) is 6.49. The van der Waals surface area contributed by atoms with Gasteiger partial charge in [-0.05, 0) is 38.3 Å². The molecule has 0 aromatic heterocycles. The molecule has 0 heterocycles. The van der Waals surface area contributed by atoms with Gasteiger partial charge in [-0.2, -0.15) is 0 Å². The van der Waals surface area contributed by atoms with E-state index in [4.69, 9.17) is 4.74 Å². The van der Waals surface area contributed by atoms with Crippen LogP contribution in [0.5, 0.6) is 0 Å². The van der Waals surface area contributed by atoms with Crippen molar-refractivity contribution in [3.8, 4) is 0 Å². The average molecular weight is 194 g/mol. The first-order valence-electron chi connectivity index (χ1n) is 5.15. The van der Waals surface area contributed by atoms with Gasteiger partial charge in [-0.25, -0.2) is 0 Å². The second-order valence-corrected chi connectivity index (χ2v) is 3.96. The topological polar surface area (TPSA) is 9.23 Å². The van der Waals surface area contributed by atoms with Gasteiger partial charge in [0.2, 0.25) is 0 Å². The molecule has 1 heteroatoms. The number of hydrogen-bond acceptors (Lipinski definition) is 1. The average Bonchev–Trinajstić information content (AvgIpc) is 2.10. The first-order valence-corrected chi connectivity index (χ1v) is 5.15. The lowest BCUT2D eigenvalue weighted by Crippen LogP contribution is -2.05. The first kappa shape index (κ1) is 13.0. The summed E-state index contributed by atoms with van der Waals surface area (Å²) >= 11 is 0. The summed E-state index contributed by atoms with van der Waals surface area (Å²) in [6.07, 6.45) is 5.86. The van der Waals surface area contributed by atoms with E-state index in [0.717, 1.165) is 5.76 Å². The molecule has 0 spiro atoms. The monoisotopic (exact) mass is 194 g/mol. The summed E-state index contributed by atoms with van der Waals surface area (Å²) in [4.78, 5) is 0. The maximum absolute atomic E-state index is 5.72. The third-order valence-corrected chi connectivity index (χ3v) is 2.00. The zero-order valence-electron chi connectivity index (χ0n) is 10.0. The fourth-order valence-electron chi connectivity index (χ4n) is 0.958. The fourth-order valence-corrected chi connectivity index (χ4v) is 0.958. The van der Waals surface area contributed by atoms with Crippen molar-refractivity contribution < 1.29 is 4.74 Å². The van der Waals surface area contributed by atoms with Crippen LogP contribution in [0.4, 0.5) is 0 Å². The Labute approximate surface area is 88.2 Å². The minimum Gasteiger partial charge on any atom is -0.491 e. The number of allylic oxidation sites excluding steroid dienone is 4. The summed E-state index contributed by atoms with van der Waals surface area (Å²) in [5, 5.41) is 0. The molecular weight excluding hydrogens is 172 g/mol. The predicted octanol–water partition coefficient (Wildman–Crippen LogP) is 4.08. The van der Waals surface area contributed by atoms with Crippen LogP contribution >= 0.6 is 0 Å². The largest absolute Gasteiger partial charge is 0.491 e. The van der Waals surface area contributed by atoms with Crippen molar-refractivity contribution in [1.82, 2.24) is 0 Å². The van der Waals surface area contributed by atoms with E-state index in [9.17, 15) is 0 Å². The maximum Gasteiger partial charge on any atom is 0.118 e. The van der Waals surface area contributed by atoms with Crippen LogP contribution in [0.25, 0.3) is 0 Å². The summed E-state index contributed by atoms with van der Waals surface area (Å²) in [6.45, 7) is 14.2. The summed E-state index contributed by atoms with van der Waals surface area (Å²) in [7, 11) is 0. The lowest BCUT2D eigenvalue weighted by Gasteiger charge is -2.16. The van der Waals surface area contributed by atoms with Gasteiger partial charge in [0.1, 0.15) is 5.76 Å². The summed E-state index contributed by atoms with van der Waals surface area (Å²) < 4.78 is 5.72. The van der Waals surface area contributed by atoms with Gasteiger partial charge in [-0.1, -0.05) is 32.6 Å².